The van der Waals surface area contributed by atoms with Crippen LogP contribution in [-0.4, -0.2) is 29.7 Å². The number of methoxy groups -OCH3 is 1. The summed E-state index contributed by atoms with van der Waals surface area (Å²) in [6.07, 6.45) is 0.640. The first-order valence-corrected chi connectivity index (χ1v) is 9.24. The first-order valence-electron chi connectivity index (χ1n) is 9.24. The third kappa shape index (κ3) is 4.51. The van der Waals surface area contributed by atoms with Gasteiger partial charge in [-0.05, 0) is 51.1 Å². The van der Waals surface area contributed by atoms with Gasteiger partial charge in [0.25, 0.3) is 5.91 Å². The van der Waals surface area contributed by atoms with E-state index in [0.29, 0.717) is 23.5 Å². The number of para-hydroxylation sites is 2. The Balaban J connectivity index is 1.68. The molecule has 7 nitrogen and oxygen atoms in total. The van der Waals surface area contributed by atoms with Crippen molar-refractivity contribution in [3.8, 4) is 5.75 Å². The number of nitrogens with zero attached hydrogens (tertiary/aromatic N) is 1. The minimum atomic E-state index is -0.972. The zero-order chi connectivity index (χ0) is 21.0. The minimum absolute atomic E-state index is 0.422. The molecule has 0 radical (unpaired) electrons. The molecule has 29 heavy (non-hydrogen) atoms. The van der Waals surface area contributed by atoms with E-state index >= 15 is 0 Å². The lowest BCUT2D eigenvalue weighted by atomic mass is 10.2. The SMILES string of the molecule is COc1ccccc1NC(=O)[C@H](C)OC(=O)c1cc(C)n(Cc2ccco2)c1C. The van der Waals surface area contributed by atoms with Gasteiger partial charge in [0.1, 0.15) is 11.5 Å². The van der Waals surface area contributed by atoms with Crippen LogP contribution in [0.4, 0.5) is 5.69 Å². The van der Waals surface area contributed by atoms with E-state index < -0.39 is 18.0 Å². The molecule has 0 unspecified atom stereocenters. The van der Waals surface area contributed by atoms with E-state index in [2.05, 4.69) is 5.32 Å². The average molecular weight is 396 g/mol. The maximum absolute atomic E-state index is 12.7. The Morgan fingerprint density at radius 1 is 1.17 bits per heavy atom. The molecule has 152 valence electrons. The molecule has 0 saturated carbocycles. The van der Waals surface area contributed by atoms with Crippen molar-refractivity contribution >= 4 is 17.6 Å². The van der Waals surface area contributed by atoms with Crippen LogP contribution in [-0.2, 0) is 16.1 Å². The molecular formula is C22H24N2O5. The predicted octanol–water partition coefficient (Wildman–Crippen LogP) is 3.94. The number of carbonyl (C=O) groups excluding carboxylic acids is 2. The van der Waals surface area contributed by atoms with Gasteiger partial charge in [0, 0.05) is 11.4 Å². The normalized spacial score (nSPS) is 11.7. The van der Waals surface area contributed by atoms with Gasteiger partial charge in [-0.15, -0.1) is 0 Å². The topological polar surface area (TPSA) is 82.7 Å². The molecule has 1 N–H and O–H groups in total. The molecule has 0 aliphatic carbocycles. The highest BCUT2D eigenvalue weighted by atomic mass is 16.5. The lowest BCUT2D eigenvalue weighted by molar-refractivity contribution is -0.123. The van der Waals surface area contributed by atoms with Crippen LogP contribution in [0, 0.1) is 13.8 Å². The Labute approximate surface area is 169 Å². The number of carbonyl (C=O) groups is 2. The second-order valence-electron chi connectivity index (χ2n) is 6.69. The van der Waals surface area contributed by atoms with Crippen molar-refractivity contribution in [2.75, 3.05) is 12.4 Å². The number of ether oxygens (including phenoxy) is 2. The van der Waals surface area contributed by atoms with Crippen molar-refractivity contribution in [1.29, 1.82) is 0 Å². The molecule has 7 heteroatoms. The van der Waals surface area contributed by atoms with E-state index in [9.17, 15) is 9.59 Å². The number of hydrogen-bond acceptors (Lipinski definition) is 5. The molecule has 0 aliphatic rings. The molecule has 1 atom stereocenters. The number of benzene rings is 1. The Morgan fingerprint density at radius 2 is 1.93 bits per heavy atom. The number of aryl methyl sites for hydroxylation is 1. The minimum Gasteiger partial charge on any atom is -0.495 e. The highest BCUT2D eigenvalue weighted by Gasteiger charge is 2.23. The summed E-state index contributed by atoms with van der Waals surface area (Å²) in [5.41, 5.74) is 2.59. The van der Waals surface area contributed by atoms with E-state index in [0.717, 1.165) is 17.1 Å². The van der Waals surface area contributed by atoms with Crippen LogP contribution in [0.5, 0.6) is 5.75 Å². The van der Waals surface area contributed by atoms with Gasteiger partial charge in [0.15, 0.2) is 6.10 Å². The number of amides is 1. The standard InChI is InChI=1S/C22H24N2O5/c1-14-12-18(15(2)24(14)13-17-8-7-11-28-17)22(26)29-16(3)21(25)23-19-9-5-6-10-20(19)27-4/h5-12,16H,13H2,1-4H3,(H,23,25)/t16-/m0/s1. The van der Waals surface area contributed by atoms with Crippen molar-refractivity contribution in [2.45, 2.75) is 33.4 Å². The number of furan rings is 1. The van der Waals surface area contributed by atoms with Crippen LogP contribution >= 0.6 is 0 Å². The van der Waals surface area contributed by atoms with E-state index in [1.54, 1.807) is 36.6 Å². The van der Waals surface area contributed by atoms with Gasteiger partial charge >= 0.3 is 5.97 Å². The van der Waals surface area contributed by atoms with Crippen LogP contribution < -0.4 is 10.1 Å². The summed E-state index contributed by atoms with van der Waals surface area (Å²) in [5.74, 6) is 0.329. The number of rotatable bonds is 7. The Kier molecular flexibility index (Phi) is 6.07. The molecule has 2 aromatic heterocycles. The van der Waals surface area contributed by atoms with E-state index in [1.807, 2.05) is 30.5 Å². The molecule has 1 aromatic carbocycles. The molecule has 3 aromatic rings. The summed E-state index contributed by atoms with van der Waals surface area (Å²) < 4.78 is 18.0. The number of anilines is 1. The van der Waals surface area contributed by atoms with Crippen LogP contribution in [0.25, 0.3) is 0 Å². The third-order valence-corrected chi connectivity index (χ3v) is 4.71. The molecule has 2 heterocycles. The number of aromatic nitrogens is 1. The molecule has 0 aliphatic heterocycles. The van der Waals surface area contributed by atoms with Gasteiger partial charge in [-0.3, -0.25) is 4.79 Å². The summed E-state index contributed by atoms with van der Waals surface area (Å²) in [4.78, 5) is 25.1. The molecule has 0 spiro atoms. The monoisotopic (exact) mass is 396 g/mol. The van der Waals surface area contributed by atoms with Crippen molar-refractivity contribution in [2.24, 2.45) is 0 Å². The third-order valence-electron chi connectivity index (χ3n) is 4.71. The molecule has 0 fully saturated rings. The van der Waals surface area contributed by atoms with E-state index in [-0.39, 0.29) is 0 Å². The van der Waals surface area contributed by atoms with Gasteiger partial charge in [-0.2, -0.15) is 0 Å². The second kappa shape index (κ2) is 8.68. The second-order valence-corrected chi connectivity index (χ2v) is 6.69. The van der Waals surface area contributed by atoms with E-state index in [1.165, 1.54) is 14.0 Å². The fourth-order valence-corrected chi connectivity index (χ4v) is 3.07. The highest BCUT2D eigenvalue weighted by Crippen LogP contribution is 2.24. The molecule has 1 amide bonds. The Hall–Kier alpha value is -3.48. The molecular weight excluding hydrogens is 372 g/mol. The smallest absolute Gasteiger partial charge is 0.340 e. The zero-order valence-corrected chi connectivity index (χ0v) is 16.9. The van der Waals surface area contributed by atoms with Crippen molar-refractivity contribution in [3.05, 3.63) is 71.4 Å². The van der Waals surface area contributed by atoms with Crippen LogP contribution in [0.2, 0.25) is 0 Å². The number of esters is 1. The van der Waals surface area contributed by atoms with Gasteiger partial charge in [0.05, 0.1) is 31.2 Å². The van der Waals surface area contributed by atoms with Gasteiger partial charge < -0.3 is 23.8 Å². The first kappa shape index (κ1) is 20.3. The number of nitrogens with one attached hydrogen (secondary N) is 1. The van der Waals surface area contributed by atoms with Crippen LogP contribution in [0.1, 0.15) is 34.4 Å². The van der Waals surface area contributed by atoms with Crippen molar-refractivity contribution in [1.82, 2.24) is 4.57 Å². The fraction of sp³-hybridized carbons (Fsp3) is 0.273. The number of hydrogen-bond donors (Lipinski definition) is 1. The summed E-state index contributed by atoms with van der Waals surface area (Å²) in [7, 11) is 1.52. The predicted molar refractivity (Wildman–Crippen MR) is 108 cm³/mol. The maximum atomic E-state index is 12.7. The molecule has 0 saturated heterocycles. The zero-order valence-electron chi connectivity index (χ0n) is 16.9. The average Bonchev–Trinajstić information content (AvgIpc) is 3.32. The van der Waals surface area contributed by atoms with Crippen molar-refractivity contribution < 1.29 is 23.5 Å². The Morgan fingerprint density at radius 3 is 2.62 bits per heavy atom. The molecule has 3 rings (SSSR count). The lowest BCUT2D eigenvalue weighted by Gasteiger charge is -2.15. The summed E-state index contributed by atoms with van der Waals surface area (Å²) in [6, 6.07) is 12.5. The Bertz CT molecular complexity index is 1000. The summed E-state index contributed by atoms with van der Waals surface area (Å²) in [5, 5.41) is 2.72. The quantitative estimate of drug-likeness (QED) is 0.612. The van der Waals surface area contributed by atoms with E-state index in [4.69, 9.17) is 13.9 Å². The fourth-order valence-electron chi connectivity index (χ4n) is 3.07. The maximum Gasteiger partial charge on any atom is 0.340 e. The summed E-state index contributed by atoms with van der Waals surface area (Å²) in [6.45, 7) is 5.79. The van der Waals surface area contributed by atoms with Gasteiger partial charge in [0.2, 0.25) is 0 Å². The van der Waals surface area contributed by atoms with Crippen molar-refractivity contribution in [3.63, 3.8) is 0 Å². The van der Waals surface area contributed by atoms with Gasteiger partial charge in [-0.1, -0.05) is 12.1 Å². The first-order chi connectivity index (χ1) is 13.9. The van der Waals surface area contributed by atoms with Gasteiger partial charge in [-0.25, -0.2) is 4.79 Å². The van der Waals surface area contributed by atoms with Crippen LogP contribution in [0.3, 0.4) is 0 Å². The highest BCUT2D eigenvalue weighted by molar-refractivity contribution is 5.98. The summed E-state index contributed by atoms with van der Waals surface area (Å²) >= 11 is 0. The van der Waals surface area contributed by atoms with Crippen LogP contribution in [0.15, 0.2) is 53.1 Å². The lowest BCUT2D eigenvalue weighted by Crippen LogP contribution is -2.30. The largest absolute Gasteiger partial charge is 0.495 e. The molecule has 0 bridgehead atoms.